The van der Waals surface area contributed by atoms with Crippen molar-refractivity contribution in [2.24, 2.45) is 0 Å². The quantitative estimate of drug-likeness (QED) is 0.693. The van der Waals surface area contributed by atoms with Crippen molar-refractivity contribution in [1.29, 1.82) is 0 Å². The normalized spacial score (nSPS) is 18.8. The van der Waals surface area contributed by atoms with Crippen LogP contribution in [0.4, 0.5) is 4.79 Å². The van der Waals surface area contributed by atoms with E-state index < -0.39 is 11.7 Å². The van der Waals surface area contributed by atoms with Crippen molar-refractivity contribution in [2.45, 2.75) is 78.0 Å². The molecule has 3 rings (SSSR count). The van der Waals surface area contributed by atoms with Gasteiger partial charge in [0, 0.05) is 22.5 Å². The molecule has 1 aliphatic heterocycles. The summed E-state index contributed by atoms with van der Waals surface area (Å²) < 4.78 is 5.60. The minimum absolute atomic E-state index is 0.0328. The summed E-state index contributed by atoms with van der Waals surface area (Å²) in [7, 11) is 0. The summed E-state index contributed by atoms with van der Waals surface area (Å²) in [5.74, 6) is 0.490. The molecular weight excluding hydrogens is 402 g/mol. The van der Waals surface area contributed by atoms with Crippen molar-refractivity contribution in [2.75, 3.05) is 0 Å². The predicted molar refractivity (Wildman–Crippen MR) is 119 cm³/mol. The molecule has 162 valence electrons. The Morgan fingerprint density at radius 1 is 1.30 bits per heavy atom. The van der Waals surface area contributed by atoms with Gasteiger partial charge in [-0.25, -0.2) is 9.78 Å². The number of aromatic nitrogens is 2. The Morgan fingerprint density at radius 2 is 1.97 bits per heavy atom. The maximum atomic E-state index is 13.0. The number of benzene rings is 1. The summed E-state index contributed by atoms with van der Waals surface area (Å²) in [5.41, 5.74) is 1.31. The van der Waals surface area contributed by atoms with E-state index >= 15 is 0 Å². The van der Waals surface area contributed by atoms with Crippen LogP contribution in [-0.2, 0) is 11.3 Å². The van der Waals surface area contributed by atoms with Crippen LogP contribution in [0.15, 0.2) is 29.1 Å². The van der Waals surface area contributed by atoms with E-state index in [1.807, 2.05) is 39.8 Å². The average Bonchev–Trinajstić information content (AvgIpc) is 2.66. The molecule has 0 bridgehead atoms. The number of ether oxygens (including phenoxy) is 1. The van der Waals surface area contributed by atoms with Gasteiger partial charge in [0.05, 0.1) is 17.8 Å². The molecule has 0 fully saturated rings. The number of nitrogens with zero attached hydrogens (tertiary/aromatic N) is 2. The summed E-state index contributed by atoms with van der Waals surface area (Å²) in [6, 6.07) is 7.11. The highest BCUT2D eigenvalue weighted by Crippen LogP contribution is 2.36. The van der Waals surface area contributed by atoms with Crippen LogP contribution in [0.1, 0.15) is 71.1 Å². The van der Waals surface area contributed by atoms with Gasteiger partial charge >= 0.3 is 6.09 Å². The van der Waals surface area contributed by atoms with Crippen molar-refractivity contribution in [3.8, 4) is 11.4 Å². The van der Waals surface area contributed by atoms with Crippen LogP contribution in [0.2, 0.25) is 5.02 Å². The summed E-state index contributed by atoms with van der Waals surface area (Å²) in [6.07, 6.45) is 2.46. The lowest BCUT2D eigenvalue weighted by atomic mass is 9.85. The van der Waals surface area contributed by atoms with Crippen molar-refractivity contribution < 1.29 is 9.53 Å². The first-order valence-corrected chi connectivity index (χ1v) is 10.9. The second kappa shape index (κ2) is 8.80. The third-order valence-electron chi connectivity index (χ3n) is 5.42. The van der Waals surface area contributed by atoms with Crippen LogP contribution < -0.4 is 5.56 Å². The van der Waals surface area contributed by atoms with Gasteiger partial charge in [-0.1, -0.05) is 31.4 Å². The highest BCUT2D eigenvalue weighted by molar-refractivity contribution is 6.30. The summed E-state index contributed by atoms with van der Waals surface area (Å²) >= 11 is 6.00. The predicted octanol–water partition coefficient (Wildman–Crippen LogP) is 5.50. The largest absolute Gasteiger partial charge is 0.444 e. The standard InChI is InChI=1S/C23H30ClN3O3/c1-6-7-8-17-14(2)27(22(29)30-23(3,4)5)13-18-19(17)25-20(26-21(18)28)15-9-11-16(24)12-10-15/h9-12,14,17H,6-8,13H2,1-5H3,(H,25,26,28)/t14-,17+/m0/s1. The monoisotopic (exact) mass is 431 g/mol. The van der Waals surface area contributed by atoms with Crippen LogP contribution in [0, 0.1) is 0 Å². The first-order valence-electron chi connectivity index (χ1n) is 10.5. The van der Waals surface area contributed by atoms with Gasteiger partial charge in [-0.2, -0.15) is 0 Å². The fraction of sp³-hybridized carbons (Fsp3) is 0.522. The minimum Gasteiger partial charge on any atom is -0.444 e. The van der Waals surface area contributed by atoms with E-state index in [2.05, 4.69) is 11.9 Å². The maximum absolute atomic E-state index is 13.0. The molecule has 2 aromatic rings. The molecule has 1 N–H and O–H groups in total. The molecule has 1 amide bonds. The van der Waals surface area contributed by atoms with Gasteiger partial charge < -0.3 is 14.6 Å². The van der Waals surface area contributed by atoms with E-state index in [1.54, 1.807) is 17.0 Å². The molecule has 6 nitrogen and oxygen atoms in total. The number of halogens is 1. The molecule has 2 heterocycles. The second-order valence-corrected chi connectivity index (χ2v) is 9.32. The van der Waals surface area contributed by atoms with Gasteiger partial charge in [0.25, 0.3) is 5.56 Å². The van der Waals surface area contributed by atoms with E-state index in [0.29, 0.717) is 16.4 Å². The van der Waals surface area contributed by atoms with Crippen LogP contribution in [0.5, 0.6) is 0 Å². The van der Waals surface area contributed by atoms with E-state index in [-0.39, 0.29) is 24.1 Å². The van der Waals surface area contributed by atoms with Crippen molar-refractivity contribution >= 4 is 17.7 Å². The summed E-state index contributed by atoms with van der Waals surface area (Å²) in [6.45, 7) is 9.86. The van der Waals surface area contributed by atoms with Crippen LogP contribution in [0.3, 0.4) is 0 Å². The lowest BCUT2D eigenvalue weighted by molar-refractivity contribution is 0.00952. The van der Waals surface area contributed by atoms with Gasteiger partial charge in [-0.15, -0.1) is 0 Å². The smallest absolute Gasteiger partial charge is 0.410 e. The van der Waals surface area contributed by atoms with Crippen molar-refractivity contribution in [1.82, 2.24) is 14.9 Å². The third kappa shape index (κ3) is 4.86. The van der Waals surface area contributed by atoms with Gasteiger partial charge in [0.1, 0.15) is 11.4 Å². The number of fused-ring (bicyclic) bond motifs is 1. The Hall–Kier alpha value is -2.34. The number of carbonyl (C=O) groups excluding carboxylic acids is 1. The van der Waals surface area contributed by atoms with Crippen molar-refractivity contribution in [3.05, 3.63) is 50.9 Å². The average molecular weight is 432 g/mol. The Bertz CT molecular complexity index is 963. The van der Waals surface area contributed by atoms with Gasteiger partial charge in [-0.05, 0) is 58.4 Å². The number of aromatic amines is 1. The lowest BCUT2D eigenvalue weighted by Crippen LogP contribution is -2.49. The van der Waals surface area contributed by atoms with Crippen LogP contribution in [0.25, 0.3) is 11.4 Å². The Balaban J connectivity index is 2.04. The first kappa shape index (κ1) is 22.3. The number of H-pyrrole nitrogens is 1. The Labute approximate surface area is 182 Å². The lowest BCUT2D eigenvalue weighted by Gasteiger charge is -2.40. The number of unbranched alkanes of at least 4 members (excludes halogenated alkanes) is 1. The molecule has 30 heavy (non-hydrogen) atoms. The molecule has 0 saturated heterocycles. The first-order chi connectivity index (χ1) is 14.1. The van der Waals surface area contributed by atoms with Gasteiger partial charge in [-0.3, -0.25) is 4.79 Å². The Morgan fingerprint density at radius 3 is 2.57 bits per heavy atom. The fourth-order valence-electron chi connectivity index (χ4n) is 3.83. The molecule has 0 unspecified atom stereocenters. The second-order valence-electron chi connectivity index (χ2n) is 8.88. The molecule has 0 aliphatic carbocycles. The highest BCUT2D eigenvalue weighted by atomic mass is 35.5. The zero-order valence-electron chi connectivity index (χ0n) is 18.3. The molecular formula is C23H30ClN3O3. The SMILES string of the molecule is CCCC[C@H]1c2nc(-c3ccc(Cl)cc3)[nH]c(=O)c2CN(C(=O)OC(C)(C)C)[C@H]1C. The third-order valence-corrected chi connectivity index (χ3v) is 5.67. The van der Waals surface area contributed by atoms with Crippen molar-refractivity contribution in [3.63, 3.8) is 0 Å². The van der Waals surface area contributed by atoms with E-state index in [0.717, 1.165) is 30.5 Å². The Kier molecular flexibility index (Phi) is 6.56. The molecule has 7 heteroatoms. The molecule has 0 radical (unpaired) electrons. The molecule has 1 aliphatic rings. The van der Waals surface area contributed by atoms with Gasteiger partial charge in [0.15, 0.2) is 0 Å². The number of amides is 1. The fourth-order valence-corrected chi connectivity index (χ4v) is 3.96. The highest BCUT2D eigenvalue weighted by Gasteiger charge is 2.39. The molecule has 2 atom stereocenters. The number of hydrogen-bond acceptors (Lipinski definition) is 4. The molecule has 0 spiro atoms. The number of carbonyl (C=O) groups is 1. The van der Waals surface area contributed by atoms with E-state index in [1.165, 1.54) is 0 Å². The van der Waals surface area contributed by atoms with E-state index in [4.69, 9.17) is 21.3 Å². The topological polar surface area (TPSA) is 75.3 Å². The zero-order valence-corrected chi connectivity index (χ0v) is 19.0. The summed E-state index contributed by atoms with van der Waals surface area (Å²) in [5, 5.41) is 0.626. The van der Waals surface area contributed by atoms with Gasteiger partial charge in [0.2, 0.25) is 0 Å². The zero-order chi connectivity index (χ0) is 22.1. The molecule has 1 aromatic heterocycles. The van der Waals surface area contributed by atoms with Crippen LogP contribution in [-0.4, -0.2) is 32.6 Å². The minimum atomic E-state index is -0.598. The maximum Gasteiger partial charge on any atom is 0.410 e. The summed E-state index contributed by atoms with van der Waals surface area (Å²) in [4.78, 5) is 35.2. The number of nitrogens with one attached hydrogen (secondary N) is 1. The molecule has 1 aromatic carbocycles. The van der Waals surface area contributed by atoms with Crippen LogP contribution >= 0.6 is 11.6 Å². The molecule has 0 saturated carbocycles. The number of hydrogen-bond donors (Lipinski definition) is 1. The van der Waals surface area contributed by atoms with E-state index in [9.17, 15) is 9.59 Å². The number of rotatable bonds is 4.